The summed E-state index contributed by atoms with van der Waals surface area (Å²) in [7, 11) is 0. The quantitative estimate of drug-likeness (QED) is 0.846. The Hall–Kier alpha value is -2.20. The van der Waals surface area contributed by atoms with Crippen LogP contribution in [0, 0.1) is 0 Å². The predicted molar refractivity (Wildman–Crippen MR) is 81.4 cm³/mol. The lowest BCUT2D eigenvalue weighted by Crippen LogP contribution is -2.14. The Morgan fingerprint density at radius 3 is 2.55 bits per heavy atom. The molecule has 0 aliphatic rings. The summed E-state index contributed by atoms with van der Waals surface area (Å²) >= 11 is 6.00. The molecule has 2 aromatic carbocycles. The maximum absolute atomic E-state index is 12.2. The van der Waals surface area contributed by atoms with Gasteiger partial charge in [-0.25, -0.2) is 0 Å². The van der Waals surface area contributed by atoms with Crippen LogP contribution >= 0.6 is 11.6 Å². The van der Waals surface area contributed by atoms with E-state index < -0.39 is 0 Å². The van der Waals surface area contributed by atoms with Gasteiger partial charge in [-0.1, -0.05) is 17.7 Å². The molecule has 0 spiro atoms. The number of amides is 1. The highest BCUT2D eigenvalue weighted by Crippen LogP contribution is 2.23. The van der Waals surface area contributed by atoms with Crippen LogP contribution in [0.4, 0.5) is 11.4 Å². The van der Waals surface area contributed by atoms with Crippen molar-refractivity contribution in [3.8, 4) is 5.75 Å². The molecule has 2 aromatic rings. The number of hydrogen-bond donors (Lipinski definition) is 2. The number of rotatable bonds is 4. The van der Waals surface area contributed by atoms with E-state index >= 15 is 0 Å². The SMILES string of the molecule is CCOc1ccc(NC(=O)c2c(N)cccc2Cl)cc1. The summed E-state index contributed by atoms with van der Waals surface area (Å²) in [6.45, 7) is 2.51. The second-order valence-corrected chi connectivity index (χ2v) is 4.52. The molecule has 2 rings (SSSR count). The molecule has 0 atom stereocenters. The fourth-order valence-corrected chi connectivity index (χ4v) is 2.04. The summed E-state index contributed by atoms with van der Waals surface area (Å²) in [5.41, 5.74) is 7.05. The Morgan fingerprint density at radius 2 is 1.95 bits per heavy atom. The van der Waals surface area contributed by atoms with Gasteiger partial charge in [0.15, 0.2) is 0 Å². The molecule has 0 aliphatic heterocycles. The van der Waals surface area contributed by atoms with Crippen LogP contribution in [-0.4, -0.2) is 12.5 Å². The van der Waals surface area contributed by atoms with Crippen LogP contribution < -0.4 is 15.8 Å². The van der Waals surface area contributed by atoms with Crippen LogP contribution in [-0.2, 0) is 0 Å². The minimum Gasteiger partial charge on any atom is -0.494 e. The third kappa shape index (κ3) is 3.22. The fourth-order valence-electron chi connectivity index (χ4n) is 1.78. The number of hydrogen-bond acceptors (Lipinski definition) is 3. The van der Waals surface area contributed by atoms with Crippen molar-refractivity contribution in [2.45, 2.75) is 6.92 Å². The number of benzene rings is 2. The molecule has 0 unspecified atom stereocenters. The Balaban J connectivity index is 2.15. The average molecular weight is 291 g/mol. The molecular formula is C15H15ClN2O2. The van der Waals surface area contributed by atoms with Crippen molar-refractivity contribution in [3.63, 3.8) is 0 Å². The molecule has 0 saturated carbocycles. The van der Waals surface area contributed by atoms with Crippen LogP contribution in [0.25, 0.3) is 0 Å². The number of ether oxygens (including phenoxy) is 1. The van der Waals surface area contributed by atoms with Crippen LogP contribution in [0.1, 0.15) is 17.3 Å². The van der Waals surface area contributed by atoms with Crippen molar-refractivity contribution in [1.82, 2.24) is 0 Å². The van der Waals surface area contributed by atoms with E-state index in [4.69, 9.17) is 22.1 Å². The number of anilines is 2. The summed E-state index contributed by atoms with van der Waals surface area (Å²) in [6, 6.07) is 12.1. The van der Waals surface area contributed by atoms with Gasteiger partial charge in [-0.05, 0) is 43.3 Å². The summed E-state index contributed by atoms with van der Waals surface area (Å²) in [5.74, 6) is 0.417. The first-order valence-corrected chi connectivity index (χ1v) is 6.58. The van der Waals surface area contributed by atoms with Crippen LogP contribution in [0.15, 0.2) is 42.5 Å². The summed E-state index contributed by atoms with van der Waals surface area (Å²) < 4.78 is 5.33. The van der Waals surface area contributed by atoms with Gasteiger partial charge in [0, 0.05) is 11.4 Å². The van der Waals surface area contributed by atoms with Crippen LogP contribution in [0.2, 0.25) is 5.02 Å². The molecule has 1 amide bonds. The maximum Gasteiger partial charge on any atom is 0.259 e. The smallest absolute Gasteiger partial charge is 0.259 e. The largest absolute Gasteiger partial charge is 0.494 e. The first-order chi connectivity index (χ1) is 9.61. The highest BCUT2D eigenvalue weighted by molar-refractivity contribution is 6.35. The van der Waals surface area contributed by atoms with E-state index in [2.05, 4.69) is 5.32 Å². The number of carbonyl (C=O) groups excluding carboxylic acids is 1. The van der Waals surface area contributed by atoms with Gasteiger partial charge in [0.25, 0.3) is 5.91 Å². The zero-order valence-electron chi connectivity index (χ0n) is 11.0. The van der Waals surface area contributed by atoms with Crippen molar-refractivity contribution >= 4 is 28.9 Å². The van der Waals surface area contributed by atoms with Crippen LogP contribution in [0.3, 0.4) is 0 Å². The molecule has 5 heteroatoms. The van der Waals surface area contributed by atoms with Crippen molar-refractivity contribution < 1.29 is 9.53 Å². The number of halogens is 1. The normalized spacial score (nSPS) is 10.1. The van der Waals surface area contributed by atoms with E-state index in [0.717, 1.165) is 5.75 Å². The second-order valence-electron chi connectivity index (χ2n) is 4.12. The van der Waals surface area contributed by atoms with Gasteiger partial charge in [0.1, 0.15) is 5.75 Å². The molecule has 4 nitrogen and oxygen atoms in total. The Kier molecular flexibility index (Phi) is 4.48. The van der Waals surface area contributed by atoms with Crippen molar-refractivity contribution in [2.75, 3.05) is 17.7 Å². The van der Waals surface area contributed by atoms with Gasteiger partial charge in [0.2, 0.25) is 0 Å². The fraction of sp³-hybridized carbons (Fsp3) is 0.133. The number of carbonyl (C=O) groups is 1. The van der Waals surface area contributed by atoms with Crippen molar-refractivity contribution in [2.24, 2.45) is 0 Å². The highest BCUT2D eigenvalue weighted by Gasteiger charge is 2.13. The van der Waals surface area contributed by atoms with E-state index in [0.29, 0.717) is 23.0 Å². The Labute approximate surface area is 122 Å². The van der Waals surface area contributed by atoms with E-state index in [-0.39, 0.29) is 11.5 Å². The van der Waals surface area contributed by atoms with Gasteiger partial charge in [-0.2, -0.15) is 0 Å². The maximum atomic E-state index is 12.2. The summed E-state index contributed by atoms with van der Waals surface area (Å²) in [4.78, 5) is 12.2. The molecular weight excluding hydrogens is 276 g/mol. The van der Waals surface area contributed by atoms with Gasteiger partial charge >= 0.3 is 0 Å². The van der Waals surface area contributed by atoms with Gasteiger partial charge in [0.05, 0.1) is 17.2 Å². The minimum atomic E-state index is -0.336. The zero-order valence-corrected chi connectivity index (χ0v) is 11.8. The molecule has 0 aliphatic carbocycles. The lowest BCUT2D eigenvalue weighted by atomic mass is 10.1. The number of nitrogens with two attached hydrogens (primary N) is 1. The predicted octanol–water partition coefficient (Wildman–Crippen LogP) is 3.57. The topological polar surface area (TPSA) is 64.3 Å². The van der Waals surface area contributed by atoms with Crippen LogP contribution in [0.5, 0.6) is 5.75 Å². The molecule has 0 fully saturated rings. The van der Waals surface area contributed by atoms with E-state index in [1.807, 2.05) is 6.92 Å². The second kappa shape index (κ2) is 6.30. The summed E-state index contributed by atoms with van der Waals surface area (Å²) in [5, 5.41) is 3.08. The molecule has 0 radical (unpaired) electrons. The van der Waals surface area contributed by atoms with Gasteiger partial charge < -0.3 is 15.8 Å². The molecule has 0 saturated heterocycles. The number of nitrogens with one attached hydrogen (secondary N) is 1. The lowest BCUT2D eigenvalue weighted by molar-refractivity contribution is 0.102. The minimum absolute atomic E-state index is 0.281. The first-order valence-electron chi connectivity index (χ1n) is 6.20. The lowest BCUT2D eigenvalue weighted by Gasteiger charge is -2.10. The number of nitrogen functional groups attached to an aromatic ring is 1. The van der Waals surface area contributed by atoms with E-state index in [1.54, 1.807) is 42.5 Å². The molecule has 3 N–H and O–H groups in total. The van der Waals surface area contributed by atoms with E-state index in [9.17, 15) is 4.79 Å². The Morgan fingerprint density at radius 1 is 1.25 bits per heavy atom. The molecule has 20 heavy (non-hydrogen) atoms. The third-order valence-corrected chi connectivity index (χ3v) is 3.01. The molecule has 0 bridgehead atoms. The first kappa shape index (κ1) is 14.2. The highest BCUT2D eigenvalue weighted by atomic mass is 35.5. The molecule has 0 heterocycles. The monoisotopic (exact) mass is 290 g/mol. The van der Waals surface area contributed by atoms with Gasteiger partial charge in [-0.3, -0.25) is 4.79 Å². The molecule has 104 valence electrons. The standard InChI is InChI=1S/C15H15ClN2O2/c1-2-20-11-8-6-10(7-9-11)18-15(19)14-12(16)4-3-5-13(14)17/h3-9H,2,17H2,1H3,(H,18,19). The third-order valence-electron chi connectivity index (χ3n) is 2.70. The van der Waals surface area contributed by atoms with Crippen molar-refractivity contribution in [1.29, 1.82) is 0 Å². The summed E-state index contributed by atoms with van der Waals surface area (Å²) in [6.07, 6.45) is 0. The average Bonchev–Trinajstić information content (AvgIpc) is 2.41. The van der Waals surface area contributed by atoms with Gasteiger partial charge in [-0.15, -0.1) is 0 Å². The zero-order chi connectivity index (χ0) is 14.5. The molecule has 0 aromatic heterocycles. The van der Waals surface area contributed by atoms with E-state index in [1.165, 1.54) is 0 Å². The Bertz CT molecular complexity index is 592. The van der Waals surface area contributed by atoms with Crippen molar-refractivity contribution in [3.05, 3.63) is 53.1 Å².